The second kappa shape index (κ2) is 22.6. The Morgan fingerprint density at radius 1 is 0.800 bits per heavy atom. The minimum atomic E-state index is -1.83. The molecule has 0 aromatic heterocycles. The number of rotatable bonds is 4. The minimum Gasteiger partial charge on any atom is -0.450 e. The molecule has 0 aliphatic carbocycles. The molecule has 124 valence electrons. The van der Waals surface area contributed by atoms with Crippen LogP contribution in [0.15, 0.2) is 0 Å². The third-order valence-corrected chi connectivity index (χ3v) is 1.51. The Morgan fingerprint density at radius 2 is 0.950 bits per heavy atom. The zero-order valence-electron chi connectivity index (χ0n) is 11.9. The van der Waals surface area contributed by atoms with Gasteiger partial charge in [-0.2, -0.15) is 0 Å². The molecule has 20 heavy (non-hydrogen) atoms. The first-order valence-corrected chi connectivity index (χ1v) is 5.52. The third-order valence-electron chi connectivity index (χ3n) is 1.51. The predicted molar refractivity (Wildman–Crippen MR) is 68.2 cm³/mol. The molecule has 0 aliphatic heterocycles. The van der Waals surface area contributed by atoms with Gasteiger partial charge >= 0.3 is 12.3 Å². The lowest BCUT2D eigenvalue weighted by molar-refractivity contribution is -0.274. The van der Waals surface area contributed by atoms with Crippen LogP contribution in [0.1, 0.15) is 40.5 Å². The summed E-state index contributed by atoms with van der Waals surface area (Å²) in [6.45, 7) is 7.50. The zero-order valence-corrected chi connectivity index (χ0v) is 11.9. The van der Waals surface area contributed by atoms with Crippen LogP contribution < -0.4 is 0 Å². The summed E-state index contributed by atoms with van der Waals surface area (Å²) in [5.74, 6) is 0. The van der Waals surface area contributed by atoms with Gasteiger partial charge in [-0.15, -0.1) is 0 Å². The van der Waals surface area contributed by atoms with Gasteiger partial charge in [-0.25, -0.2) is 19.4 Å². The molecule has 2 unspecified atom stereocenters. The second-order valence-electron chi connectivity index (χ2n) is 3.21. The highest BCUT2D eigenvalue weighted by atomic mass is 17.1. The van der Waals surface area contributed by atoms with Crippen molar-refractivity contribution in [3.05, 3.63) is 0 Å². The van der Waals surface area contributed by atoms with Crippen molar-refractivity contribution in [3.8, 4) is 0 Å². The summed E-state index contributed by atoms with van der Waals surface area (Å²) in [7, 11) is 0. The number of carboxylic acid groups (broad SMARTS) is 4. The third kappa shape index (κ3) is 95.2. The molecular weight excluding hydrogens is 280 g/mol. The Bertz CT molecular complexity index is 170. The summed E-state index contributed by atoms with van der Waals surface area (Å²) < 4.78 is 0. The van der Waals surface area contributed by atoms with Gasteiger partial charge in [0.05, 0.1) is 12.2 Å². The first-order valence-electron chi connectivity index (χ1n) is 5.52. The molecule has 10 nitrogen and oxygen atoms in total. The Hall–Kier alpha value is -1.62. The fourth-order valence-corrected chi connectivity index (χ4v) is 0.149. The molecule has 0 amide bonds. The quantitative estimate of drug-likeness (QED) is 0.334. The largest absolute Gasteiger partial charge is 0.503 e. The molecule has 0 rings (SSSR count). The fraction of sp³-hybridized carbons (Fsp3) is 0.800. The molecule has 0 aliphatic rings. The fourth-order valence-electron chi connectivity index (χ4n) is 0.149. The van der Waals surface area contributed by atoms with Gasteiger partial charge in [0, 0.05) is 0 Å². The van der Waals surface area contributed by atoms with E-state index in [0.29, 0.717) is 0 Å². The zero-order chi connectivity index (χ0) is 17.1. The lowest BCUT2D eigenvalue weighted by atomic mass is 10.3. The van der Waals surface area contributed by atoms with Crippen LogP contribution in [0.3, 0.4) is 0 Å². The van der Waals surface area contributed by atoms with E-state index in [2.05, 4.69) is 9.78 Å². The van der Waals surface area contributed by atoms with Gasteiger partial charge in [0.1, 0.15) is 0 Å². The van der Waals surface area contributed by atoms with Crippen molar-refractivity contribution in [1.29, 1.82) is 0 Å². The maximum atomic E-state index is 8.56. The Kier molecular flexibility index (Phi) is 30.3. The lowest BCUT2D eigenvalue weighted by Crippen LogP contribution is -2.00. The minimum absolute atomic E-state index is 0.00926. The normalized spacial score (nSPS) is 11.1. The van der Waals surface area contributed by atoms with Crippen molar-refractivity contribution in [2.75, 3.05) is 0 Å². The van der Waals surface area contributed by atoms with E-state index in [4.69, 9.17) is 40.5 Å². The molecule has 0 saturated heterocycles. The van der Waals surface area contributed by atoms with Crippen LogP contribution in [-0.2, 0) is 9.78 Å². The maximum Gasteiger partial charge on any atom is 0.503 e. The molecule has 6 N–H and O–H groups in total. The SMILES string of the molecule is CCC(C)OO.CCC(C)OO.O=C(O)O.O=C(O)O. The number of hydrogen-bond acceptors (Lipinski definition) is 6. The summed E-state index contributed by atoms with van der Waals surface area (Å²) in [5.41, 5.74) is 0. The van der Waals surface area contributed by atoms with Gasteiger partial charge in [0.25, 0.3) is 0 Å². The van der Waals surface area contributed by atoms with E-state index >= 15 is 0 Å². The van der Waals surface area contributed by atoms with Gasteiger partial charge in [-0.1, -0.05) is 13.8 Å². The molecule has 2 atom stereocenters. The topological polar surface area (TPSA) is 174 Å². The summed E-state index contributed by atoms with van der Waals surface area (Å²) in [6.07, 6.45) is -1.97. The van der Waals surface area contributed by atoms with Crippen molar-refractivity contribution >= 4 is 12.3 Å². The van der Waals surface area contributed by atoms with Crippen molar-refractivity contribution in [3.63, 3.8) is 0 Å². The average Bonchev–Trinajstić information content (AvgIpc) is 2.36. The number of carbonyl (C=O) groups is 2. The van der Waals surface area contributed by atoms with Crippen LogP contribution in [0.25, 0.3) is 0 Å². The highest BCUT2D eigenvalue weighted by Gasteiger charge is 1.91. The molecule has 0 aromatic rings. The van der Waals surface area contributed by atoms with E-state index in [0.717, 1.165) is 12.8 Å². The van der Waals surface area contributed by atoms with Crippen LogP contribution >= 0.6 is 0 Å². The van der Waals surface area contributed by atoms with Gasteiger partial charge in [-0.3, -0.25) is 10.5 Å². The second-order valence-corrected chi connectivity index (χ2v) is 3.21. The Morgan fingerprint density at radius 3 is 0.950 bits per heavy atom. The molecule has 10 heteroatoms. The van der Waals surface area contributed by atoms with Crippen molar-refractivity contribution in [1.82, 2.24) is 0 Å². The lowest BCUT2D eigenvalue weighted by Gasteiger charge is -1.98. The summed E-state index contributed by atoms with van der Waals surface area (Å²) in [4.78, 5) is 24.9. The predicted octanol–water partition coefficient (Wildman–Crippen LogP) is 2.99. The average molecular weight is 304 g/mol. The monoisotopic (exact) mass is 304 g/mol. The van der Waals surface area contributed by atoms with E-state index in [-0.39, 0.29) is 12.2 Å². The Balaban J connectivity index is -0.0000000871. The summed E-state index contributed by atoms with van der Waals surface area (Å²) in [6, 6.07) is 0. The van der Waals surface area contributed by atoms with Gasteiger partial charge in [0.2, 0.25) is 0 Å². The molecule has 0 radical (unpaired) electrons. The van der Waals surface area contributed by atoms with Crippen LogP contribution in [0, 0.1) is 0 Å². The van der Waals surface area contributed by atoms with E-state index in [1.54, 1.807) is 13.8 Å². The van der Waals surface area contributed by atoms with Gasteiger partial charge in [-0.05, 0) is 26.7 Å². The first kappa shape index (κ1) is 26.8. The highest BCUT2D eigenvalue weighted by molar-refractivity contribution is 5.53. The van der Waals surface area contributed by atoms with E-state index in [1.807, 2.05) is 13.8 Å². The van der Waals surface area contributed by atoms with Crippen LogP contribution in [0.4, 0.5) is 9.59 Å². The highest BCUT2D eigenvalue weighted by Crippen LogP contribution is 1.90. The van der Waals surface area contributed by atoms with Crippen LogP contribution in [0.2, 0.25) is 0 Å². The van der Waals surface area contributed by atoms with Gasteiger partial charge < -0.3 is 20.4 Å². The first-order chi connectivity index (χ1) is 9.08. The summed E-state index contributed by atoms with van der Waals surface area (Å²) >= 11 is 0. The molecule has 0 spiro atoms. The molecular formula is C10H24O10. The smallest absolute Gasteiger partial charge is 0.450 e. The molecule has 0 saturated carbocycles. The molecule has 0 heterocycles. The van der Waals surface area contributed by atoms with E-state index < -0.39 is 12.3 Å². The molecule has 0 bridgehead atoms. The maximum absolute atomic E-state index is 8.56. The van der Waals surface area contributed by atoms with E-state index in [9.17, 15) is 0 Å². The van der Waals surface area contributed by atoms with Crippen molar-refractivity contribution < 1.29 is 50.3 Å². The standard InChI is InChI=1S/2C4H10O2.2CH2O3/c2*1-3-4(2)6-5;2*2-1(3)4/h2*4-5H,3H2,1-2H3;2*(H2,2,3,4). The molecule has 0 aromatic carbocycles. The van der Waals surface area contributed by atoms with Crippen LogP contribution in [0.5, 0.6) is 0 Å². The molecule has 0 fully saturated rings. The van der Waals surface area contributed by atoms with Gasteiger partial charge in [0.15, 0.2) is 0 Å². The van der Waals surface area contributed by atoms with Crippen LogP contribution in [-0.4, -0.2) is 55.5 Å². The van der Waals surface area contributed by atoms with Crippen molar-refractivity contribution in [2.45, 2.75) is 52.7 Å². The summed E-state index contributed by atoms with van der Waals surface area (Å²) in [5, 5.41) is 43.6. The van der Waals surface area contributed by atoms with E-state index in [1.165, 1.54) is 0 Å². The van der Waals surface area contributed by atoms with Crippen molar-refractivity contribution in [2.24, 2.45) is 0 Å². The number of hydrogen-bond donors (Lipinski definition) is 6. The Labute approximate surface area is 116 Å².